The number of aromatic nitrogens is 3. The van der Waals surface area contributed by atoms with Gasteiger partial charge in [-0.2, -0.15) is 0 Å². The van der Waals surface area contributed by atoms with Gasteiger partial charge in [-0.3, -0.25) is 5.43 Å². The van der Waals surface area contributed by atoms with Crippen molar-refractivity contribution in [3.8, 4) is 0 Å². The summed E-state index contributed by atoms with van der Waals surface area (Å²) in [4.78, 5) is 4.53. The molecule has 0 bridgehead atoms. The van der Waals surface area contributed by atoms with Crippen LogP contribution >= 0.6 is 35.8 Å². The van der Waals surface area contributed by atoms with Crippen molar-refractivity contribution >= 4 is 47.3 Å². The molecule has 0 radical (unpaired) electrons. The van der Waals surface area contributed by atoms with Crippen LogP contribution in [0.3, 0.4) is 0 Å². The summed E-state index contributed by atoms with van der Waals surface area (Å²) in [6.45, 7) is 1.90. The van der Waals surface area contributed by atoms with Gasteiger partial charge in [0, 0.05) is 5.02 Å². The highest BCUT2D eigenvalue weighted by molar-refractivity contribution is 7.99. The van der Waals surface area contributed by atoms with Crippen LogP contribution in [0.25, 0.3) is 0 Å². The van der Waals surface area contributed by atoms with Crippen molar-refractivity contribution in [1.29, 1.82) is 0 Å². The number of halogens is 2. The van der Waals surface area contributed by atoms with Crippen LogP contribution in [0.5, 0.6) is 0 Å². The van der Waals surface area contributed by atoms with E-state index in [2.05, 4.69) is 20.6 Å². The fraction of sp³-hybridized carbons (Fsp3) is 0.182. The molecule has 0 aliphatic carbocycles. The lowest BCUT2D eigenvalue weighted by atomic mass is 10.3. The van der Waals surface area contributed by atoms with E-state index in [1.54, 1.807) is 11.8 Å². The summed E-state index contributed by atoms with van der Waals surface area (Å²) in [5, 5.41) is 9.63. The fourth-order valence-electron chi connectivity index (χ4n) is 1.59. The third-order valence-electron chi connectivity index (χ3n) is 2.46. The van der Waals surface area contributed by atoms with Gasteiger partial charge in [-0.25, -0.2) is 9.67 Å². The number of aryl methyl sites for hydroxylation is 1. The Morgan fingerprint density at radius 2 is 2.05 bits per heavy atom. The van der Waals surface area contributed by atoms with Crippen molar-refractivity contribution < 1.29 is 0 Å². The van der Waals surface area contributed by atoms with Crippen LogP contribution < -0.4 is 5.43 Å². The van der Waals surface area contributed by atoms with Gasteiger partial charge in [0.1, 0.15) is 11.7 Å². The maximum absolute atomic E-state index is 5.84. The molecule has 8 heteroatoms. The molecule has 19 heavy (non-hydrogen) atoms. The van der Waals surface area contributed by atoms with Crippen molar-refractivity contribution in [2.45, 2.75) is 12.1 Å². The van der Waals surface area contributed by atoms with Crippen LogP contribution in [-0.4, -0.2) is 26.5 Å². The first kappa shape index (κ1) is 14.2. The first-order valence-electron chi connectivity index (χ1n) is 5.37. The molecule has 100 valence electrons. The summed E-state index contributed by atoms with van der Waals surface area (Å²) in [6, 6.07) is 7.42. The van der Waals surface area contributed by atoms with E-state index in [4.69, 9.17) is 11.6 Å². The Balaban J connectivity index is 0.00000133. The van der Waals surface area contributed by atoms with E-state index in [0.29, 0.717) is 5.02 Å². The molecule has 1 aromatic carbocycles. The van der Waals surface area contributed by atoms with E-state index in [0.717, 1.165) is 28.3 Å². The van der Waals surface area contributed by atoms with E-state index in [9.17, 15) is 0 Å². The Labute approximate surface area is 125 Å². The van der Waals surface area contributed by atoms with Crippen LogP contribution in [0.2, 0.25) is 5.02 Å². The first-order chi connectivity index (χ1) is 8.72. The maximum Gasteiger partial charge on any atom is 0.210 e. The summed E-state index contributed by atoms with van der Waals surface area (Å²) < 4.78 is 1.84. The SMILES string of the molecule is Cc1nnc2n1NC(=Nc1ccc(Cl)cc1)CS2.Cl. The summed E-state index contributed by atoms with van der Waals surface area (Å²) in [6.07, 6.45) is 0. The monoisotopic (exact) mass is 315 g/mol. The Bertz CT molecular complexity index is 608. The number of aliphatic imine (C=N–C) groups is 1. The van der Waals surface area contributed by atoms with Crippen LogP contribution in [0.15, 0.2) is 34.4 Å². The van der Waals surface area contributed by atoms with Gasteiger partial charge in [-0.15, -0.1) is 22.6 Å². The molecule has 0 spiro atoms. The fourth-order valence-corrected chi connectivity index (χ4v) is 2.51. The molecule has 1 aliphatic rings. The van der Waals surface area contributed by atoms with Crippen molar-refractivity contribution in [2.24, 2.45) is 4.99 Å². The van der Waals surface area contributed by atoms with E-state index in [-0.39, 0.29) is 12.4 Å². The van der Waals surface area contributed by atoms with Gasteiger partial charge in [0.2, 0.25) is 5.16 Å². The van der Waals surface area contributed by atoms with Gasteiger partial charge >= 0.3 is 0 Å². The van der Waals surface area contributed by atoms with Crippen molar-refractivity contribution in [1.82, 2.24) is 14.9 Å². The first-order valence-corrected chi connectivity index (χ1v) is 6.74. The number of hydrogen-bond donors (Lipinski definition) is 1. The van der Waals surface area contributed by atoms with Gasteiger partial charge in [0.15, 0.2) is 0 Å². The van der Waals surface area contributed by atoms with Crippen molar-refractivity contribution in [2.75, 3.05) is 11.2 Å². The van der Waals surface area contributed by atoms with E-state index >= 15 is 0 Å². The average Bonchev–Trinajstić information content (AvgIpc) is 2.74. The van der Waals surface area contributed by atoms with Crippen LogP contribution in [0.4, 0.5) is 5.69 Å². The van der Waals surface area contributed by atoms with Gasteiger partial charge in [-0.1, -0.05) is 23.4 Å². The summed E-state index contributed by atoms with van der Waals surface area (Å²) in [7, 11) is 0. The molecule has 1 aliphatic heterocycles. The molecule has 3 rings (SSSR count). The molecule has 0 atom stereocenters. The Morgan fingerprint density at radius 1 is 1.32 bits per heavy atom. The quantitative estimate of drug-likeness (QED) is 0.878. The zero-order valence-corrected chi connectivity index (χ0v) is 12.4. The smallest absolute Gasteiger partial charge is 0.210 e. The molecule has 0 amide bonds. The number of amidine groups is 1. The number of nitrogens with zero attached hydrogens (tertiary/aromatic N) is 4. The van der Waals surface area contributed by atoms with Gasteiger partial charge in [-0.05, 0) is 31.2 Å². The number of benzene rings is 1. The van der Waals surface area contributed by atoms with Crippen LogP contribution in [0, 0.1) is 6.92 Å². The third kappa shape index (κ3) is 3.02. The molecule has 0 saturated carbocycles. The second-order valence-corrected chi connectivity index (χ2v) is 5.18. The molecule has 1 N–H and O–H groups in total. The zero-order valence-electron chi connectivity index (χ0n) is 10.00. The Morgan fingerprint density at radius 3 is 2.79 bits per heavy atom. The molecule has 5 nitrogen and oxygen atoms in total. The lowest BCUT2D eigenvalue weighted by Crippen LogP contribution is -2.30. The van der Waals surface area contributed by atoms with Crippen molar-refractivity contribution in [3.63, 3.8) is 0 Å². The van der Waals surface area contributed by atoms with E-state index < -0.39 is 0 Å². The Hall–Kier alpha value is -1.24. The Kier molecular flexibility index (Phi) is 4.34. The highest BCUT2D eigenvalue weighted by Gasteiger charge is 2.17. The average molecular weight is 316 g/mol. The highest BCUT2D eigenvalue weighted by atomic mass is 35.5. The molecule has 2 heterocycles. The minimum absolute atomic E-state index is 0. The normalized spacial score (nSPS) is 15.6. The maximum atomic E-state index is 5.84. The molecule has 0 saturated heterocycles. The van der Waals surface area contributed by atoms with Crippen LogP contribution in [0.1, 0.15) is 5.82 Å². The second kappa shape index (κ2) is 5.81. The molecule has 1 aromatic heterocycles. The predicted octanol–water partition coefficient (Wildman–Crippen LogP) is 3.04. The predicted molar refractivity (Wildman–Crippen MR) is 80.6 cm³/mol. The minimum atomic E-state index is 0. The van der Waals surface area contributed by atoms with E-state index in [1.807, 2.05) is 35.9 Å². The molecule has 2 aromatic rings. The molecule has 0 unspecified atom stereocenters. The lowest BCUT2D eigenvalue weighted by Gasteiger charge is -2.17. The molecule has 0 fully saturated rings. The minimum Gasteiger partial charge on any atom is -0.277 e. The number of thioether (sulfide) groups is 1. The van der Waals surface area contributed by atoms with Gasteiger partial charge in [0.05, 0.1) is 11.4 Å². The second-order valence-electron chi connectivity index (χ2n) is 3.80. The number of nitrogens with one attached hydrogen (secondary N) is 1. The van der Waals surface area contributed by atoms with Gasteiger partial charge < -0.3 is 0 Å². The summed E-state index contributed by atoms with van der Waals surface area (Å²) in [5.74, 6) is 2.44. The lowest BCUT2D eigenvalue weighted by molar-refractivity contribution is 0.801. The zero-order chi connectivity index (χ0) is 12.5. The number of fused-ring (bicyclic) bond motifs is 1. The van der Waals surface area contributed by atoms with E-state index in [1.165, 1.54) is 0 Å². The summed E-state index contributed by atoms with van der Waals surface area (Å²) in [5.41, 5.74) is 4.07. The van der Waals surface area contributed by atoms with Gasteiger partial charge in [0.25, 0.3) is 0 Å². The van der Waals surface area contributed by atoms with Crippen LogP contribution in [-0.2, 0) is 0 Å². The van der Waals surface area contributed by atoms with Crippen molar-refractivity contribution in [3.05, 3.63) is 35.1 Å². The molecular weight excluding hydrogens is 305 g/mol. The molecular formula is C11H11Cl2N5S. The highest BCUT2D eigenvalue weighted by Crippen LogP contribution is 2.22. The number of hydrogen-bond acceptors (Lipinski definition) is 4. The topological polar surface area (TPSA) is 55.1 Å². The third-order valence-corrected chi connectivity index (χ3v) is 3.66. The largest absolute Gasteiger partial charge is 0.277 e. The standard InChI is InChI=1S/C11H10ClN5S.ClH/c1-7-14-15-11-17(7)16-10(6-18-11)13-9-4-2-8(12)3-5-9;/h2-5H,6H2,1H3,(H,13,16);1H. The number of rotatable bonds is 1. The summed E-state index contributed by atoms with van der Waals surface area (Å²) >= 11 is 7.45.